The van der Waals surface area contributed by atoms with Gasteiger partial charge in [-0.15, -0.1) is 6.58 Å². The van der Waals surface area contributed by atoms with E-state index in [1.54, 1.807) is 6.08 Å². The van der Waals surface area contributed by atoms with E-state index in [9.17, 15) is 5.11 Å². The lowest BCUT2D eigenvalue weighted by atomic mass is 9.44. The average Bonchev–Trinajstić information content (AvgIpc) is 2.40. The van der Waals surface area contributed by atoms with E-state index in [0.717, 1.165) is 18.8 Å². The lowest BCUT2D eigenvalue weighted by molar-refractivity contribution is -0.281. The average molecular weight is 306 g/mol. The Bertz CT molecular complexity index is 470. The maximum Gasteiger partial charge on any atom is 0.110 e. The van der Waals surface area contributed by atoms with Crippen molar-refractivity contribution in [2.45, 2.75) is 90.4 Å². The first-order chi connectivity index (χ1) is 10.1. The summed E-state index contributed by atoms with van der Waals surface area (Å²) < 4.78 is 6.54. The highest BCUT2D eigenvalue weighted by Gasteiger charge is 2.62. The summed E-state index contributed by atoms with van der Waals surface area (Å²) in [5, 5.41) is 10.7. The summed E-state index contributed by atoms with van der Waals surface area (Å²) in [6.45, 7) is 15.6. The van der Waals surface area contributed by atoms with Crippen molar-refractivity contribution in [2.24, 2.45) is 22.7 Å². The molecule has 1 aliphatic heterocycles. The third-order valence-electron chi connectivity index (χ3n) is 7.72. The van der Waals surface area contributed by atoms with Crippen molar-refractivity contribution in [2.75, 3.05) is 0 Å². The molecule has 6 atom stereocenters. The van der Waals surface area contributed by atoms with E-state index in [4.69, 9.17) is 4.74 Å². The normalized spacial score (nSPS) is 54.2. The molecule has 2 aliphatic carbocycles. The monoisotopic (exact) mass is 306 g/mol. The Morgan fingerprint density at radius 1 is 1.05 bits per heavy atom. The van der Waals surface area contributed by atoms with Crippen molar-refractivity contribution in [1.82, 2.24) is 0 Å². The summed E-state index contributed by atoms with van der Waals surface area (Å²) in [4.78, 5) is 0. The van der Waals surface area contributed by atoms with Gasteiger partial charge in [0.15, 0.2) is 0 Å². The van der Waals surface area contributed by atoms with Gasteiger partial charge in [0.1, 0.15) is 5.60 Å². The number of fused-ring (bicyclic) bond motifs is 3. The summed E-state index contributed by atoms with van der Waals surface area (Å²) in [7, 11) is 0. The third-order valence-corrected chi connectivity index (χ3v) is 7.72. The summed E-state index contributed by atoms with van der Waals surface area (Å²) in [5.41, 5.74) is -0.0177. The SMILES string of the molecule is C=C[C@@]1(C)O[C@]2(C)CC[C@H]3C(C)(C)CCC[C@]3(C)[C@@H]2C[C@@H]1O. The lowest BCUT2D eigenvalue weighted by Crippen LogP contribution is -2.65. The second-order valence-corrected chi connectivity index (χ2v) is 9.55. The van der Waals surface area contributed by atoms with Gasteiger partial charge in [0.25, 0.3) is 0 Å². The van der Waals surface area contributed by atoms with Crippen molar-refractivity contribution < 1.29 is 9.84 Å². The molecule has 2 heteroatoms. The van der Waals surface area contributed by atoms with Gasteiger partial charge in [0.05, 0.1) is 11.7 Å². The van der Waals surface area contributed by atoms with Crippen molar-refractivity contribution in [3.05, 3.63) is 12.7 Å². The van der Waals surface area contributed by atoms with Crippen molar-refractivity contribution >= 4 is 0 Å². The van der Waals surface area contributed by atoms with Crippen LogP contribution in [0.25, 0.3) is 0 Å². The number of rotatable bonds is 1. The van der Waals surface area contributed by atoms with Gasteiger partial charge in [-0.3, -0.25) is 0 Å². The van der Waals surface area contributed by atoms with Crippen LogP contribution in [0.5, 0.6) is 0 Å². The molecule has 3 fully saturated rings. The quantitative estimate of drug-likeness (QED) is 0.711. The molecule has 1 saturated heterocycles. The molecule has 0 aromatic rings. The van der Waals surface area contributed by atoms with Crippen LogP contribution in [-0.2, 0) is 4.74 Å². The number of aliphatic hydroxyl groups is 1. The van der Waals surface area contributed by atoms with Gasteiger partial charge < -0.3 is 9.84 Å². The number of hydrogen-bond acceptors (Lipinski definition) is 2. The van der Waals surface area contributed by atoms with E-state index >= 15 is 0 Å². The molecular weight excluding hydrogens is 272 g/mol. The summed E-state index contributed by atoms with van der Waals surface area (Å²) in [6.07, 6.45) is 8.50. The standard InChI is InChI=1S/C20H34O2/c1-7-19(5)16(21)13-15-18(4)11-8-10-17(2,3)14(18)9-12-20(15,6)22-19/h7,14-16,21H,1,8-13H2,2-6H3/t14-,15-,16-,18-,19+,20+/m0/s1. The molecule has 0 aromatic heterocycles. The van der Waals surface area contributed by atoms with Gasteiger partial charge in [-0.2, -0.15) is 0 Å². The minimum atomic E-state index is -0.599. The van der Waals surface area contributed by atoms with Crippen molar-refractivity contribution in [1.29, 1.82) is 0 Å². The van der Waals surface area contributed by atoms with Gasteiger partial charge in [0.2, 0.25) is 0 Å². The largest absolute Gasteiger partial charge is 0.390 e. The van der Waals surface area contributed by atoms with Gasteiger partial charge >= 0.3 is 0 Å². The van der Waals surface area contributed by atoms with Crippen LogP contribution in [0, 0.1) is 22.7 Å². The molecular formula is C20H34O2. The van der Waals surface area contributed by atoms with Gasteiger partial charge in [-0.25, -0.2) is 0 Å². The highest BCUT2D eigenvalue weighted by molar-refractivity contribution is 5.15. The maximum absolute atomic E-state index is 10.7. The van der Waals surface area contributed by atoms with Crippen LogP contribution in [0.4, 0.5) is 0 Å². The highest BCUT2D eigenvalue weighted by atomic mass is 16.5. The maximum atomic E-state index is 10.7. The zero-order valence-electron chi connectivity index (χ0n) is 15.1. The first-order valence-corrected chi connectivity index (χ1v) is 9.09. The molecule has 3 aliphatic rings. The molecule has 22 heavy (non-hydrogen) atoms. The van der Waals surface area contributed by atoms with E-state index in [-0.39, 0.29) is 11.0 Å². The van der Waals surface area contributed by atoms with Crippen LogP contribution in [-0.4, -0.2) is 22.4 Å². The van der Waals surface area contributed by atoms with Gasteiger partial charge in [0, 0.05) is 0 Å². The summed E-state index contributed by atoms with van der Waals surface area (Å²) >= 11 is 0. The summed E-state index contributed by atoms with van der Waals surface area (Å²) in [5.74, 6) is 1.19. The highest BCUT2D eigenvalue weighted by Crippen LogP contribution is 2.65. The minimum absolute atomic E-state index is 0.124. The molecule has 2 saturated carbocycles. The van der Waals surface area contributed by atoms with E-state index in [1.807, 2.05) is 6.92 Å². The molecule has 0 radical (unpaired) electrons. The molecule has 3 rings (SSSR count). The topological polar surface area (TPSA) is 29.5 Å². The van der Waals surface area contributed by atoms with Crippen LogP contribution >= 0.6 is 0 Å². The molecule has 0 aromatic carbocycles. The van der Waals surface area contributed by atoms with E-state index in [2.05, 4.69) is 34.3 Å². The Morgan fingerprint density at radius 2 is 1.73 bits per heavy atom. The smallest absolute Gasteiger partial charge is 0.110 e. The fraction of sp³-hybridized carbons (Fsp3) is 0.900. The molecule has 0 spiro atoms. The Labute approximate surface area is 136 Å². The van der Waals surface area contributed by atoms with Gasteiger partial charge in [-0.1, -0.05) is 33.3 Å². The third kappa shape index (κ3) is 2.13. The molecule has 2 nitrogen and oxygen atoms in total. The van der Waals surface area contributed by atoms with E-state index in [1.165, 1.54) is 25.7 Å². The van der Waals surface area contributed by atoms with Crippen LogP contribution in [0.3, 0.4) is 0 Å². The Balaban J connectivity index is 1.98. The molecule has 0 unspecified atom stereocenters. The van der Waals surface area contributed by atoms with Crippen LogP contribution < -0.4 is 0 Å². The summed E-state index contributed by atoms with van der Waals surface area (Å²) in [6, 6.07) is 0. The lowest BCUT2D eigenvalue weighted by Gasteiger charge is -2.65. The molecule has 0 bridgehead atoms. The van der Waals surface area contributed by atoms with E-state index in [0.29, 0.717) is 11.3 Å². The molecule has 0 amide bonds. The predicted octanol–water partition coefficient (Wildman–Crippen LogP) is 4.71. The molecule has 1 N–H and O–H groups in total. The van der Waals surface area contributed by atoms with E-state index < -0.39 is 11.7 Å². The predicted molar refractivity (Wildman–Crippen MR) is 90.7 cm³/mol. The first kappa shape index (κ1) is 16.5. The zero-order chi connectivity index (χ0) is 16.4. The van der Waals surface area contributed by atoms with Crippen molar-refractivity contribution in [3.8, 4) is 0 Å². The van der Waals surface area contributed by atoms with Crippen LogP contribution in [0.15, 0.2) is 12.7 Å². The first-order valence-electron chi connectivity index (χ1n) is 9.09. The second kappa shape index (κ2) is 4.83. The zero-order valence-corrected chi connectivity index (χ0v) is 15.1. The van der Waals surface area contributed by atoms with Crippen LogP contribution in [0.1, 0.15) is 73.1 Å². The Morgan fingerprint density at radius 3 is 2.36 bits per heavy atom. The van der Waals surface area contributed by atoms with Crippen LogP contribution in [0.2, 0.25) is 0 Å². The molecule has 126 valence electrons. The molecule has 1 heterocycles. The fourth-order valence-electron chi connectivity index (χ4n) is 6.45. The Hall–Kier alpha value is -0.340. The Kier molecular flexibility index (Phi) is 3.63. The van der Waals surface area contributed by atoms with Gasteiger partial charge in [-0.05, 0) is 68.6 Å². The minimum Gasteiger partial charge on any atom is -0.390 e. The van der Waals surface area contributed by atoms with Crippen molar-refractivity contribution in [3.63, 3.8) is 0 Å². The number of aliphatic hydroxyl groups excluding tert-OH is 1. The number of hydrogen-bond donors (Lipinski definition) is 1. The second-order valence-electron chi connectivity index (χ2n) is 9.55. The fourth-order valence-corrected chi connectivity index (χ4v) is 6.45. The number of ether oxygens (including phenoxy) is 1.